The quantitative estimate of drug-likeness (QED) is 0.827. The maximum atomic E-state index is 12.7. The zero-order chi connectivity index (χ0) is 18.1. The fourth-order valence-electron chi connectivity index (χ4n) is 3.89. The average Bonchev–Trinajstić information content (AvgIpc) is 3.03. The summed E-state index contributed by atoms with van der Waals surface area (Å²) in [7, 11) is 0. The molecular formula is C21H24N2O2S. The maximum absolute atomic E-state index is 12.7. The number of thioether (sulfide) groups is 1. The van der Waals surface area contributed by atoms with Crippen LogP contribution < -0.4 is 0 Å². The van der Waals surface area contributed by atoms with Crippen LogP contribution in [0.5, 0.6) is 0 Å². The lowest BCUT2D eigenvalue weighted by Crippen LogP contribution is -2.60. The second-order valence-electron chi connectivity index (χ2n) is 7.49. The van der Waals surface area contributed by atoms with Crippen molar-refractivity contribution >= 4 is 17.7 Å². The van der Waals surface area contributed by atoms with E-state index in [1.807, 2.05) is 60.8 Å². The zero-order valence-electron chi connectivity index (χ0n) is 15.3. The number of amides is 1. The van der Waals surface area contributed by atoms with E-state index in [0.717, 1.165) is 47.6 Å². The van der Waals surface area contributed by atoms with Crippen LogP contribution in [0.15, 0.2) is 42.6 Å². The molecule has 4 rings (SSSR count). The van der Waals surface area contributed by atoms with Gasteiger partial charge in [0.05, 0.1) is 23.2 Å². The highest BCUT2D eigenvalue weighted by Gasteiger charge is 2.51. The van der Waals surface area contributed by atoms with E-state index >= 15 is 0 Å². The molecular weight excluding hydrogens is 344 g/mol. The van der Waals surface area contributed by atoms with Crippen LogP contribution in [0, 0.1) is 13.8 Å². The Bertz CT molecular complexity index is 783. The molecule has 136 valence electrons. The van der Waals surface area contributed by atoms with Crippen LogP contribution in [0.4, 0.5) is 0 Å². The molecule has 1 aromatic heterocycles. The van der Waals surface area contributed by atoms with Crippen molar-refractivity contribution in [3.8, 4) is 0 Å². The summed E-state index contributed by atoms with van der Waals surface area (Å²) in [6, 6.07) is 12.0. The number of ether oxygens (including phenoxy) is 1. The van der Waals surface area contributed by atoms with Gasteiger partial charge in [0.15, 0.2) is 0 Å². The molecule has 0 radical (unpaired) electrons. The monoisotopic (exact) mass is 368 g/mol. The summed E-state index contributed by atoms with van der Waals surface area (Å²) in [4.78, 5) is 19.0. The van der Waals surface area contributed by atoms with Gasteiger partial charge in [0.25, 0.3) is 5.91 Å². The molecule has 1 amide bonds. The van der Waals surface area contributed by atoms with Gasteiger partial charge in [-0.3, -0.25) is 9.78 Å². The lowest BCUT2D eigenvalue weighted by atomic mass is 9.92. The summed E-state index contributed by atoms with van der Waals surface area (Å²) in [5.41, 5.74) is 4.06. The van der Waals surface area contributed by atoms with Gasteiger partial charge < -0.3 is 9.64 Å². The number of nitrogens with zero attached hydrogens (tertiary/aromatic N) is 2. The van der Waals surface area contributed by atoms with Crippen LogP contribution in [0.25, 0.3) is 0 Å². The highest BCUT2D eigenvalue weighted by atomic mass is 32.2. The molecule has 2 aliphatic heterocycles. The topological polar surface area (TPSA) is 42.4 Å². The summed E-state index contributed by atoms with van der Waals surface area (Å²) >= 11 is 1.96. The first-order valence-electron chi connectivity index (χ1n) is 9.06. The Morgan fingerprint density at radius 1 is 1.27 bits per heavy atom. The Morgan fingerprint density at radius 3 is 2.73 bits per heavy atom. The van der Waals surface area contributed by atoms with Crippen molar-refractivity contribution in [2.45, 2.75) is 37.7 Å². The van der Waals surface area contributed by atoms with E-state index in [9.17, 15) is 4.79 Å². The predicted octanol–water partition coefficient (Wildman–Crippen LogP) is 3.62. The molecule has 0 unspecified atom stereocenters. The predicted molar refractivity (Wildman–Crippen MR) is 104 cm³/mol. The third-order valence-corrected chi connectivity index (χ3v) is 6.66. The molecule has 3 heterocycles. The van der Waals surface area contributed by atoms with E-state index in [1.54, 1.807) is 6.20 Å². The second kappa shape index (κ2) is 7.05. The van der Waals surface area contributed by atoms with Crippen LogP contribution in [0.2, 0.25) is 0 Å². The SMILES string of the molecule is Cc1cc(C)cc(C(=O)N2CC3(C[C@@H](OCc4ccccn4)CS3)C2)c1. The van der Waals surface area contributed by atoms with Crippen LogP contribution in [-0.2, 0) is 11.3 Å². The molecule has 0 N–H and O–H groups in total. The zero-order valence-corrected chi connectivity index (χ0v) is 16.1. The van der Waals surface area contributed by atoms with Crippen molar-refractivity contribution in [3.05, 3.63) is 65.0 Å². The molecule has 0 saturated carbocycles. The minimum atomic E-state index is 0.154. The lowest BCUT2D eigenvalue weighted by molar-refractivity contribution is 0.0245. The summed E-state index contributed by atoms with van der Waals surface area (Å²) in [5, 5.41) is 0. The fraction of sp³-hybridized carbons (Fsp3) is 0.429. The number of likely N-dealkylation sites (tertiary alicyclic amines) is 1. The number of benzene rings is 1. The Morgan fingerprint density at radius 2 is 2.04 bits per heavy atom. The van der Waals surface area contributed by atoms with Crippen molar-refractivity contribution in [2.24, 2.45) is 0 Å². The van der Waals surface area contributed by atoms with E-state index in [0.29, 0.717) is 6.61 Å². The highest BCUT2D eigenvalue weighted by molar-refractivity contribution is 8.01. The van der Waals surface area contributed by atoms with E-state index < -0.39 is 0 Å². The molecule has 2 aliphatic rings. The minimum Gasteiger partial charge on any atom is -0.371 e. The van der Waals surface area contributed by atoms with Crippen molar-refractivity contribution in [1.29, 1.82) is 0 Å². The minimum absolute atomic E-state index is 0.154. The average molecular weight is 369 g/mol. The van der Waals surface area contributed by atoms with Gasteiger partial charge in [-0.05, 0) is 44.5 Å². The lowest BCUT2D eigenvalue weighted by Gasteiger charge is -2.47. The van der Waals surface area contributed by atoms with Crippen LogP contribution in [0.1, 0.15) is 33.6 Å². The number of pyridine rings is 1. The van der Waals surface area contributed by atoms with Crippen LogP contribution >= 0.6 is 11.8 Å². The van der Waals surface area contributed by atoms with E-state index in [2.05, 4.69) is 11.1 Å². The largest absolute Gasteiger partial charge is 0.371 e. The molecule has 5 heteroatoms. The number of aryl methyl sites for hydroxylation is 2. The number of rotatable bonds is 4. The van der Waals surface area contributed by atoms with Gasteiger partial charge in [-0.2, -0.15) is 0 Å². The van der Waals surface area contributed by atoms with E-state index in [4.69, 9.17) is 4.74 Å². The summed E-state index contributed by atoms with van der Waals surface area (Å²) in [5.74, 6) is 1.15. The molecule has 1 spiro atoms. The molecule has 2 aromatic rings. The van der Waals surface area contributed by atoms with Crippen molar-refractivity contribution in [3.63, 3.8) is 0 Å². The molecule has 4 nitrogen and oxygen atoms in total. The van der Waals surface area contributed by atoms with E-state index in [-0.39, 0.29) is 16.8 Å². The number of hydrogen-bond acceptors (Lipinski definition) is 4. The normalized spacial score (nSPS) is 21.0. The Balaban J connectivity index is 1.30. The number of carbonyl (C=O) groups excluding carboxylic acids is 1. The molecule has 0 aliphatic carbocycles. The Kier molecular flexibility index (Phi) is 4.76. The summed E-state index contributed by atoms with van der Waals surface area (Å²) < 4.78 is 6.23. The molecule has 1 atom stereocenters. The fourth-order valence-corrected chi connectivity index (χ4v) is 5.44. The van der Waals surface area contributed by atoms with Gasteiger partial charge in [-0.25, -0.2) is 0 Å². The maximum Gasteiger partial charge on any atom is 0.253 e. The molecule has 2 saturated heterocycles. The van der Waals surface area contributed by atoms with E-state index in [1.165, 1.54) is 0 Å². The third-order valence-electron chi connectivity index (χ3n) is 5.08. The first-order chi connectivity index (χ1) is 12.5. The number of hydrogen-bond donors (Lipinski definition) is 0. The molecule has 1 aromatic carbocycles. The number of carbonyl (C=O) groups is 1. The third kappa shape index (κ3) is 3.64. The van der Waals surface area contributed by atoms with Gasteiger partial charge in [0.2, 0.25) is 0 Å². The molecule has 2 fully saturated rings. The van der Waals surface area contributed by atoms with Crippen molar-refractivity contribution in [1.82, 2.24) is 9.88 Å². The molecule has 26 heavy (non-hydrogen) atoms. The Hall–Kier alpha value is -1.85. The molecule has 0 bridgehead atoms. The van der Waals surface area contributed by atoms with Crippen molar-refractivity contribution < 1.29 is 9.53 Å². The first kappa shape index (κ1) is 17.6. The van der Waals surface area contributed by atoms with Gasteiger partial charge in [-0.15, -0.1) is 11.8 Å². The second-order valence-corrected chi connectivity index (χ2v) is 8.98. The Labute approximate surface area is 159 Å². The summed E-state index contributed by atoms with van der Waals surface area (Å²) in [6.45, 7) is 6.29. The van der Waals surface area contributed by atoms with Gasteiger partial charge in [0, 0.05) is 30.6 Å². The smallest absolute Gasteiger partial charge is 0.253 e. The van der Waals surface area contributed by atoms with Gasteiger partial charge >= 0.3 is 0 Å². The van der Waals surface area contributed by atoms with Gasteiger partial charge in [0.1, 0.15) is 0 Å². The van der Waals surface area contributed by atoms with Crippen LogP contribution in [0.3, 0.4) is 0 Å². The first-order valence-corrected chi connectivity index (χ1v) is 10.0. The highest BCUT2D eigenvalue weighted by Crippen LogP contribution is 2.46. The van der Waals surface area contributed by atoms with Crippen LogP contribution in [-0.4, -0.2) is 45.5 Å². The standard InChI is InChI=1S/C21H24N2O2S/c1-15-7-16(2)9-17(8-15)20(24)23-13-21(14-23)10-19(12-26-21)25-11-18-5-3-4-6-22-18/h3-9,19H,10-14H2,1-2H3/t19-/m1/s1. The number of aromatic nitrogens is 1. The van der Waals surface area contributed by atoms with Gasteiger partial charge in [-0.1, -0.05) is 23.3 Å². The van der Waals surface area contributed by atoms with Crippen molar-refractivity contribution in [2.75, 3.05) is 18.8 Å². The summed E-state index contributed by atoms with van der Waals surface area (Å²) in [6.07, 6.45) is 3.06.